The summed E-state index contributed by atoms with van der Waals surface area (Å²) in [6, 6.07) is 8.63. The summed E-state index contributed by atoms with van der Waals surface area (Å²) in [5.74, 6) is 0. The Hall–Kier alpha value is -1.04. The fourth-order valence-electron chi connectivity index (χ4n) is 2.59. The van der Waals surface area contributed by atoms with Gasteiger partial charge in [0.15, 0.2) is 0 Å². The van der Waals surface area contributed by atoms with Crippen molar-refractivity contribution in [3.8, 4) is 0 Å². The van der Waals surface area contributed by atoms with Crippen molar-refractivity contribution >= 4 is 6.08 Å². The number of unbranched alkanes of at least 4 members (excludes halogenated alkanes) is 8. The second-order valence-electron chi connectivity index (χ2n) is 5.48. The molecule has 0 atom stereocenters. The van der Waals surface area contributed by atoms with E-state index >= 15 is 0 Å². The van der Waals surface area contributed by atoms with E-state index in [2.05, 4.69) is 37.8 Å². The van der Waals surface area contributed by atoms with Crippen molar-refractivity contribution < 1.29 is 0 Å². The van der Waals surface area contributed by atoms with Crippen LogP contribution in [0.3, 0.4) is 0 Å². The zero-order valence-corrected chi connectivity index (χ0v) is 12.7. The summed E-state index contributed by atoms with van der Waals surface area (Å²) >= 11 is 0. The van der Waals surface area contributed by atoms with Gasteiger partial charge in [-0.15, -0.1) is 0 Å². The molecule has 1 rings (SSSR count). The molecule has 0 saturated carbocycles. The minimum Gasteiger partial charge on any atom is -0.0985 e. The summed E-state index contributed by atoms with van der Waals surface area (Å²) in [6.07, 6.45) is 15.8. The topological polar surface area (TPSA) is 0 Å². The third-order valence-corrected chi connectivity index (χ3v) is 3.82. The fourth-order valence-corrected chi connectivity index (χ4v) is 2.59. The minimum absolute atomic E-state index is 1.21. The van der Waals surface area contributed by atoms with E-state index in [1.807, 2.05) is 6.08 Å². The van der Waals surface area contributed by atoms with Crippen LogP contribution in [-0.2, 0) is 6.42 Å². The summed E-state index contributed by atoms with van der Waals surface area (Å²) in [5, 5.41) is 0. The normalized spacial score (nSPS) is 10.6. The summed E-state index contributed by atoms with van der Waals surface area (Å²) in [7, 11) is 0. The van der Waals surface area contributed by atoms with E-state index in [4.69, 9.17) is 0 Å². The van der Waals surface area contributed by atoms with Gasteiger partial charge in [0.05, 0.1) is 0 Å². The standard InChI is InChI=1S/C19H30/c1-3-5-6-7-8-9-10-11-12-16-19-17-14-13-15-18(19)4-2/h4,13-15,17H,2-3,5-12,16H2,1H3. The number of benzene rings is 1. The van der Waals surface area contributed by atoms with Gasteiger partial charge < -0.3 is 0 Å². The largest absolute Gasteiger partial charge is 0.0985 e. The third kappa shape index (κ3) is 7.20. The molecule has 0 aliphatic rings. The lowest BCUT2D eigenvalue weighted by molar-refractivity contribution is 0.565. The van der Waals surface area contributed by atoms with E-state index in [1.165, 1.54) is 75.3 Å². The van der Waals surface area contributed by atoms with Crippen molar-refractivity contribution in [3.05, 3.63) is 42.0 Å². The first kappa shape index (κ1) is 16.0. The highest BCUT2D eigenvalue weighted by atomic mass is 14.0. The van der Waals surface area contributed by atoms with Crippen LogP contribution in [0.5, 0.6) is 0 Å². The predicted octanol–water partition coefficient (Wildman–Crippen LogP) is 6.40. The highest BCUT2D eigenvalue weighted by Gasteiger charge is 1.98. The first-order valence-corrected chi connectivity index (χ1v) is 8.08. The van der Waals surface area contributed by atoms with Crippen LogP contribution >= 0.6 is 0 Å². The Morgan fingerprint density at radius 3 is 2.05 bits per heavy atom. The average molecular weight is 258 g/mol. The minimum atomic E-state index is 1.21. The highest BCUT2D eigenvalue weighted by Crippen LogP contribution is 2.15. The van der Waals surface area contributed by atoms with Crippen LogP contribution in [0.15, 0.2) is 30.8 Å². The molecule has 19 heavy (non-hydrogen) atoms. The molecule has 0 spiro atoms. The van der Waals surface area contributed by atoms with Gasteiger partial charge in [0.1, 0.15) is 0 Å². The van der Waals surface area contributed by atoms with Gasteiger partial charge in [-0.25, -0.2) is 0 Å². The molecular formula is C19H30. The second-order valence-corrected chi connectivity index (χ2v) is 5.48. The first-order chi connectivity index (χ1) is 9.38. The first-order valence-electron chi connectivity index (χ1n) is 8.08. The molecule has 0 radical (unpaired) electrons. The van der Waals surface area contributed by atoms with Gasteiger partial charge in [-0.1, -0.05) is 95.2 Å². The number of rotatable bonds is 11. The highest BCUT2D eigenvalue weighted by molar-refractivity contribution is 5.51. The van der Waals surface area contributed by atoms with Crippen molar-refractivity contribution in [1.82, 2.24) is 0 Å². The molecule has 0 saturated heterocycles. The quantitative estimate of drug-likeness (QED) is 0.403. The summed E-state index contributed by atoms with van der Waals surface area (Å²) in [6.45, 7) is 6.16. The lowest BCUT2D eigenvalue weighted by Crippen LogP contribution is -1.89. The Balaban J connectivity index is 2.03. The smallest absolute Gasteiger partial charge is 0.0230 e. The average Bonchev–Trinajstić information content (AvgIpc) is 2.46. The molecule has 0 bridgehead atoms. The van der Waals surface area contributed by atoms with Gasteiger partial charge in [-0.3, -0.25) is 0 Å². The van der Waals surface area contributed by atoms with Crippen molar-refractivity contribution in [2.75, 3.05) is 0 Å². The van der Waals surface area contributed by atoms with Crippen LogP contribution < -0.4 is 0 Å². The molecule has 0 aromatic heterocycles. The lowest BCUT2D eigenvalue weighted by atomic mass is 10.0. The van der Waals surface area contributed by atoms with Crippen molar-refractivity contribution in [2.24, 2.45) is 0 Å². The predicted molar refractivity (Wildman–Crippen MR) is 87.5 cm³/mol. The maximum Gasteiger partial charge on any atom is -0.0230 e. The van der Waals surface area contributed by atoms with Crippen LogP contribution in [0.4, 0.5) is 0 Å². The third-order valence-electron chi connectivity index (χ3n) is 3.82. The van der Waals surface area contributed by atoms with Crippen molar-refractivity contribution in [2.45, 2.75) is 71.1 Å². The molecule has 0 unspecified atom stereocenters. The van der Waals surface area contributed by atoms with E-state index in [9.17, 15) is 0 Å². The molecule has 106 valence electrons. The molecule has 0 nitrogen and oxygen atoms in total. The van der Waals surface area contributed by atoms with Crippen LogP contribution in [-0.4, -0.2) is 0 Å². The molecule has 0 fully saturated rings. The molecule has 0 aliphatic carbocycles. The Morgan fingerprint density at radius 2 is 1.42 bits per heavy atom. The Labute approximate surface area is 119 Å². The number of aryl methyl sites for hydroxylation is 1. The van der Waals surface area contributed by atoms with Gasteiger partial charge in [0.2, 0.25) is 0 Å². The lowest BCUT2D eigenvalue weighted by Gasteiger charge is -2.06. The van der Waals surface area contributed by atoms with Crippen molar-refractivity contribution in [1.29, 1.82) is 0 Å². The van der Waals surface area contributed by atoms with Gasteiger partial charge in [0.25, 0.3) is 0 Å². The van der Waals surface area contributed by atoms with E-state index in [-0.39, 0.29) is 0 Å². The molecule has 0 aliphatic heterocycles. The monoisotopic (exact) mass is 258 g/mol. The van der Waals surface area contributed by atoms with E-state index in [1.54, 1.807) is 0 Å². The zero-order chi connectivity index (χ0) is 13.8. The van der Waals surface area contributed by atoms with Gasteiger partial charge in [-0.05, 0) is 24.0 Å². The van der Waals surface area contributed by atoms with Crippen LogP contribution in [0.2, 0.25) is 0 Å². The van der Waals surface area contributed by atoms with E-state index in [0.29, 0.717) is 0 Å². The molecule has 0 heteroatoms. The molecule has 0 N–H and O–H groups in total. The Bertz CT molecular complexity index is 338. The summed E-state index contributed by atoms with van der Waals surface area (Å²) < 4.78 is 0. The molecule has 0 heterocycles. The van der Waals surface area contributed by atoms with E-state index < -0.39 is 0 Å². The molecule has 0 amide bonds. The Kier molecular flexibility index (Phi) is 9.14. The van der Waals surface area contributed by atoms with Gasteiger partial charge in [-0.2, -0.15) is 0 Å². The maximum absolute atomic E-state index is 3.88. The van der Waals surface area contributed by atoms with Crippen LogP contribution in [0.1, 0.15) is 75.8 Å². The fraction of sp³-hybridized carbons (Fsp3) is 0.579. The van der Waals surface area contributed by atoms with Gasteiger partial charge >= 0.3 is 0 Å². The Morgan fingerprint density at radius 1 is 0.842 bits per heavy atom. The number of hydrogen-bond donors (Lipinski definition) is 0. The van der Waals surface area contributed by atoms with Crippen molar-refractivity contribution in [3.63, 3.8) is 0 Å². The molecule has 1 aromatic carbocycles. The van der Waals surface area contributed by atoms with Crippen LogP contribution in [0.25, 0.3) is 6.08 Å². The zero-order valence-electron chi connectivity index (χ0n) is 12.7. The SMILES string of the molecule is C=Cc1ccccc1CCCCCCCCCCC. The molecular weight excluding hydrogens is 228 g/mol. The van der Waals surface area contributed by atoms with Gasteiger partial charge in [0, 0.05) is 0 Å². The molecule has 1 aromatic rings. The maximum atomic E-state index is 3.88. The summed E-state index contributed by atoms with van der Waals surface area (Å²) in [5.41, 5.74) is 2.77. The summed E-state index contributed by atoms with van der Waals surface area (Å²) in [4.78, 5) is 0. The van der Waals surface area contributed by atoms with Crippen LogP contribution in [0, 0.1) is 0 Å². The van der Waals surface area contributed by atoms with E-state index in [0.717, 1.165) is 0 Å². The second kappa shape index (κ2) is 10.8. The number of hydrogen-bond acceptors (Lipinski definition) is 0.